The Bertz CT molecular complexity index is 264. The van der Waals surface area contributed by atoms with E-state index in [2.05, 4.69) is 0 Å². The third-order valence-electron chi connectivity index (χ3n) is 1.59. The molecule has 1 aromatic heterocycles. The third kappa shape index (κ3) is 4.09. The minimum atomic E-state index is -0.529. The molecule has 0 saturated heterocycles. The zero-order valence-corrected chi connectivity index (χ0v) is 9.57. The van der Waals surface area contributed by atoms with Crippen LogP contribution in [0.4, 0.5) is 0 Å². The summed E-state index contributed by atoms with van der Waals surface area (Å²) in [5, 5.41) is 1.97. The van der Waals surface area contributed by atoms with Crippen molar-refractivity contribution in [1.82, 2.24) is 0 Å². The van der Waals surface area contributed by atoms with Crippen LogP contribution in [0.3, 0.4) is 0 Å². The van der Waals surface area contributed by atoms with Crippen LogP contribution in [-0.4, -0.2) is 18.6 Å². The molecule has 1 aromatic rings. The number of hydrogen-bond donors (Lipinski definition) is 1. The van der Waals surface area contributed by atoms with E-state index in [1.165, 1.54) is 0 Å². The van der Waals surface area contributed by atoms with E-state index in [1.807, 2.05) is 17.5 Å². The summed E-state index contributed by atoms with van der Waals surface area (Å²) < 4.78 is 4.79. The van der Waals surface area contributed by atoms with Crippen LogP contribution in [0.25, 0.3) is 0 Å². The molecule has 3 nitrogen and oxygen atoms in total. The molecule has 0 aromatic carbocycles. The molecule has 1 heterocycles. The predicted octanol–water partition coefficient (Wildman–Crippen LogP) is 1.60. The maximum atomic E-state index is 11.1. The first-order valence-corrected chi connectivity index (χ1v) is 5.06. The van der Waals surface area contributed by atoms with Gasteiger partial charge in [0.15, 0.2) is 0 Å². The Morgan fingerprint density at radius 3 is 2.93 bits per heavy atom. The minimum absolute atomic E-state index is 0. The van der Waals surface area contributed by atoms with Crippen LogP contribution < -0.4 is 5.73 Å². The molecule has 14 heavy (non-hydrogen) atoms. The van der Waals surface area contributed by atoms with Crippen LogP contribution >= 0.6 is 23.7 Å². The molecular weight excluding hydrogens is 222 g/mol. The van der Waals surface area contributed by atoms with Crippen LogP contribution in [-0.2, 0) is 16.0 Å². The molecule has 0 bridgehead atoms. The van der Waals surface area contributed by atoms with Gasteiger partial charge in [-0.15, -0.1) is 23.7 Å². The molecule has 0 aliphatic rings. The van der Waals surface area contributed by atoms with E-state index in [0.717, 1.165) is 4.88 Å². The molecule has 5 heteroatoms. The van der Waals surface area contributed by atoms with Gasteiger partial charge in [0.1, 0.15) is 6.04 Å². The Labute approximate surface area is 93.7 Å². The summed E-state index contributed by atoms with van der Waals surface area (Å²) in [7, 11) is 0. The predicted molar refractivity (Wildman–Crippen MR) is 59.9 cm³/mol. The van der Waals surface area contributed by atoms with Gasteiger partial charge in [-0.25, -0.2) is 0 Å². The van der Waals surface area contributed by atoms with Crippen molar-refractivity contribution in [1.29, 1.82) is 0 Å². The van der Waals surface area contributed by atoms with Crippen LogP contribution in [0.5, 0.6) is 0 Å². The SMILES string of the molecule is CCOC(=O)[C@@H](N)Cc1cccs1.Cl. The van der Waals surface area contributed by atoms with Crippen molar-refractivity contribution >= 4 is 29.7 Å². The first kappa shape index (κ1) is 13.4. The van der Waals surface area contributed by atoms with Crippen LogP contribution in [0.2, 0.25) is 0 Å². The average Bonchev–Trinajstić information content (AvgIpc) is 2.57. The van der Waals surface area contributed by atoms with E-state index >= 15 is 0 Å². The zero-order chi connectivity index (χ0) is 9.68. The highest BCUT2D eigenvalue weighted by atomic mass is 35.5. The summed E-state index contributed by atoms with van der Waals surface area (Å²) in [6, 6.07) is 3.38. The number of thiophene rings is 1. The number of hydrogen-bond acceptors (Lipinski definition) is 4. The lowest BCUT2D eigenvalue weighted by atomic mass is 10.2. The molecule has 0 amide bonds. The normalized spacial score (nSPS) is 11.6. The topological polar surface area (TPSA) is 52.3 Å². The number of esters is 1. The highest BCUT2D eigenvalue weighted by Gasteiger charge is 2.14. The second kappa shape index (κ2) is 6.81. The first-order chi connectivity index (χ1) is 6.24. The first-order valence-electron chi connectivity index (χ1n) is 4.18. The Balaban J connectivity index is 0.00000169. The fourth-order valence-corrected chi connectivity index (χ4v) is 1.74. The lowest BCUT2D eigenvalue weighted by Crippen LogP contribution is -2.34. The molecule has 0 unspecified atom stereocenters. The summed E-state index contributed by atoms with van der Waals surface area (Å²) in [6.07, 6.45) is 0.566. The van der Waals surface area contributed by atoms with E-state index in [4.69, 9.17) is 10.5 Å². The largest absolute Gasteiger partial charge is 0.465 e. The number of carbonyl (C=O) groups is 1. The highest BCUT2D eigenvalue weighted by molar-refractivity contribution is 7.09. The average molecular weight is 236 g/mol. The number of rotatable bonds is 4. The summed E-state index contributed by atoms with van der Waals surface area (Å²) in [5.74, 6) is -0.323. The smallest absolute Gasteiger partial charge is 0.323 e. The monoisotopic (exact) mass is 235 g/mol. The summed E-state index contributed by atoms with van der Waals surface area (Å²) in [4.78, 5) is 12.2. The molecular formula is C9H14ClNO2S. The summed E-state index contributed by atoms with van der Waals surface area (Å²) in [5.41, 5.74) is 5.63. The molecule has 2 N–H and O–H groups in total. The molecule has 80 valence electrons. The Morgan fingerprint density at radius 2 is 2.43 bits per heavy atom. The van der Waals surface area contributed by atoms with Crippen LogP contribution in [0.15, 0.2) is 17.5 Å². The standard InChI is InChI=1S/C9H13NO2S.ClH/c1-2-12-9(11)8(10)6-7-4-3-5-13-7;/h3-5,8H,2,6,10H2,1H3;1H/t8-;/m0./s1. The van der Waals surface area contributed by atoms with Gasteiger partial charge in [0.2, 0.25) is 0 Å². The molecule has 0 fully saturated rings. The maximum Gasteiger partial charge on any atom is 0.323 e. The van der Waals surface area contributed by atoms with Gasteiger partial charge in [0.05, 0.1) is 6.61 Å². The minimum Gasteiger partial charge on any atom is -0.465 e. The van der Waals surface area contributed by atoms with E-state index < -0.39 is 6.04 Å². The van der Waals surface area contributed by atoms with Gasteiger partial charge >= 0.3 is 5.97 Å². The lowest BCUT2D eigenvalue weighted by molar-refractivity contribution is -0.144. The number of nitrogens with two attached hydrogens (primary N) is 1. The molecule has 1 atom stereocenters. The highest BCUT2D eigenvalue weighted by Crippen LogP contribution is 2.10. The molecule has 0 radical (unpaired) electrons. The fourth-order valence-electron chi connectivity index (χ4n) is 0.978. The Kier molecular flexibility index (Phi) is 6.53. The van der Waals surface area contributed by atoms with Crippen molar-refractivity contribution in [2.75, 3.05) is 6.61 Å². The summed E-state index contributed by atoms with van der Waals surface area (Å²) in [6.45, 7) is 2.16. The van der Waals surface area contributed by atoms with Crippen molar-refractivity contribution in [3.63, 3.8) is 0 Å². The van der Waals surface area contributed by atoms with Gasteiger partial charge in [-0.05, 0) is 18.4 Å². The molecule has 0 aliphatic heterocycles. The lowest BCUT2D eigenvalue weighted by Gasteiger charge is -2.08. The number of halogens is 1. The molecule has 0 saturated carbocycles. The zero-order valence-electron chi connectivity index (χ0n) is 7.93. The van der Waals surface area contributed by atoms with Crippen molar-refractivity contribution in [2.45, 2.75) is 19.4 Å². The van der Waals surface area contributed by atoms with Crippen molar-refractivity contribution < 1.29 is 9.53 Å². The van der Waals surface area contributed by atoms with Gasteiger partial charge in [0.25, 0.3) is 0 Å². The van der Waals surface area contributed by atoms with E-state index in [1.54, 1.807) is 18.3 Å². The van der Waals surface area contributed by atoms with Gasteiger partial charge in [0, 0.05) is 11.3 Å². The maximum absolute atomic E-state index is 11.1. The quantitative estimate of drug-likeness (QED) is 0.807. The van der Waals surface area contributed by atoms with Crippen LogP contribution in [0.1, 0.15) is 11.8 Å². The Hall–Kier alpha value is -0.580. The number of ether oxygens (including phenoxy) is 1. The van der Waals surface area contributed by atoms with Gasteiger partial charge < -0.3 is 10.5 Å². The third-order valence-corrected chi connectivity index (χ3v) is 2.49. The van der Waals surface area contributed by atoms with E-state index in [-0.39, 0.29) is 18.4 Å². The van der Waals surface area contributed by atoms with E-state index in [9.17, 15) is 4.79 Å². The fraction of sp³-hybridized carbons (Fsp3) is 0.444. The Morgan fingerprint density at radius 1 is 1.71 bits per heavy atom. The van der Waals surface area contributed by atoms with Gasteiger partial charge in [-0.1, -0.05) is 6.07 Å². The number of carbonyl (C=O) groups excluding carboxylic acids is 1. The molecule has 0 spiro atoms. The van der Waals surface area contributed by atoms with Crippen molar-refractivity contribution in [3.8, 4) is 0 Å². The van der Waals surface area contributed by atoms with Crippen molar-refractivity contribution in [3.05, 3.63) is 22.4 Å². The van der Waals surface area contributed by atoms with Gasteiger partial charge in [-0.2, -0.15) is 0 Å². The second-order valence-electron chi connectivity index (χ2n) is 2.64. The molecule has 1 rings (SSSR count). The molecule has 0 aliphatic carbocycles. The van der Waals surface area contributed by atoms with E-state index in [0.29, 0.717) is 13.0 Å². The van der Waals surface area contributed by atoms with Crippen LogP contribution in [0, 0.1) is 0 Å². The second-order valence-corrected chi connectivity index (χ2v) is 3.67. The summed E-state index contributed by atoms with van der Waals surface area (Å²) >= 11 is 1.60. The van der Waals surface area contributed by atoms with Crippen molar-refractivity contribution in [2.24, 2.45) is 5.73 Å². The van der Waals surface area contributed by atoms with Gasteiger partial charge in [-0.3, -0.25) is 4.79 Å².